The molecule has 0 radical (unpaired) electrons. The number of hydrogen-bond acceptors (Lipinski definition) is 5. The van der Waals surface area contributed by atoms with Crippen LogP contribution in [0.2, 0.25) is 0 Å². The number of H-pyrrole nitrogens is 1. The lowest BCUT2D eigenvalue weighted by molar-refractivity contribution is -0.384. The monoisotopic (exact) mass is 290 g/mol. The normalized spacial score (nSPS) is 13.4. The molecular formula is C10H9F3N4O3. The van der Waals surface area contributed by atoms with E-state index in [-0.39, 0.29) is 11.6 Å². The van der Waals surface area contributed by atoms with Crippen LogP contribution in [0.3, 0.4) is 0 Å². The Labute approximate surface area is 109 Å². The summed E-state index contributed by atoms with van der Waals surface area (Å²) in [5.74, 6) is -0.0104. The van der Waals surface area contributed by atoms with Gasteiger partial charge in [0, 0.05) is 12.1 Å². The lowest BCUT2D eigenvalue weighted by atomic mass is 10.3. The smallest absolute Gasteiger partial charge is 0.382 e. The largest absolute Gasteiger partial charge is 0.416 e. The number of aromatic nitrogens is 2. The van der Waals surface area contributed by atoms with E-state index in [1.807, 2.05) is 0 Å². The predicted molar refractivity (Wildman–Crippen MR) is 63.3 cm³/mol. The number of non-ortho nitro benzene ring substituents is 1. The second-order valence-corrected chi connectivity index (χ2v) is 3.98. The zero-order valence-electron chi connectivity index (χ0n) is 9.81. The van der Waals surface area contributed by atoms with E-state index in [1.54, 1.807) is 0 Å². The zero-order valence-corrected chi connectivity index (χ0v) is 9.81. The van der Waals surface area contributed by atoms with Gasteiger partial charge in [-0.15, -0.1) is 0 Å². The van der Waals surface area contributed by atoms with Gasteiger partial charge in [0.2, 0.25) is 5.95 Å². The molecule has 3 N–H and O–H groups in total. The number of rotatable bonds is 4. The zero-order chi connectivity index (χ0) is 14.9. The van der Waals surface area contributed by atoms with Crippen LogP contribution in [0.5, 0.6) is 0 Å². The maximum Gasteiger partial charge on any atom is 0.416 e. The van der Waals surface area contributed by atoms with Crippen molar-refractivity contribution in [3.8, 4) is 0 Å². The molecule has 2 rings (SSSR count). The van der Waals surface area contributed by atoms with Gasteiger partial charge in [0.15, 0.2) is 6.10 Å². The molecule has 0 bridgehead atoms. The van der Waals surface area contributed by atoms with Gasteiger partial charge in [-0.25, -0.2) is 4.98 Å². The summed E-state index contributed by atoms with van der Waals surface area (Å²) in [6, 6.07) is 3.82. The molecule has 0 aliphatic carbocycles. The lowest BCUT2D eigenvalue weighted by Crippen LogP contribution is -2.35. The number of alkyl halides is 3. The lowest BCUT2D eigenvalue weighted by Gasteiger charge is -2.14. The second kappa shape index (κ2) is 4.96. The molecule has 1 aromatic carbocycles. The summed E-state index contributed by atoms with van der Waals surface area (Å²) >= 11 is 0. The van der Waals surface area contributed by atoms with E-state index in [0.717, 1.165) is 0 Å². The Kier molecular flexibility index (Phi) is 3.49. The molecule has 1 atom stereocenters. The number of imidazole rings is 1. The van der Waals surface area contributed by atoms with Crippen LogP contribution in [0.4, 0.5) is 24.8 Å². The molecule has 0 fully saturated rings. The van der Waals surface area contributed by atoms with Crippen molar-refractivity contribution in [1.82, 2.24) is 9.97 Å². The van der Waals surface area contributed by atoms with Gasteiger partial charge < -0.3 is 15.4 Å². The Hall–Kier alpha value is -2.36. The molecule has 1 unspecified atom stereocenters. The summed E-state index contributed by atoms with van der Waals surface area (Å²) in [4.78, 5) is 16.5. The van der Waals surface area contributed by atoms with Crippen molar-refractivity contribution < 1.29 is 23.2 Å². The molecular weight excluding hydrogens is 281 g/mol. The minimum absolute atomic E-state index is 0.0104. The van der Waals surface area contributed by atoms with Crippen LogP contribution in [-0.2, 0) is 0 Å². The molecule has 0 spiro atoms. The van der Waals surface area contributed by atoms with Gasteiger partial charge in [0.05, 0.1) is 22.5 Å². The first-order valence-corrected chi connectivity index (χ1v) is 5.40. The van der Waals surface area contributed by atoms with E-state index in [9.17, 15) is 23.3 Å². The van der Waals surface area contributed by atoms with Crippen molar-refractivity contribution in [2.45, 2.75) is 12.3 Å². The predicted octanol–water partition coefficient (Wildman–Crippen LogP) is 1.81. The third-order valence-electron chi connectivity index (χ3n) is 2.52. The molecule has 1 aromatic heterocycles. The number of aliphatic hydroxyl groups is 1. The standard InChI is InChI=1S/C10H9F3N4O3/c11-10(12,13)8(18)4-14-9-15-6-2-1-5(17(19)20)3-7(6)16-9/h1-3,8,18H,4H2,(H2,14,15,16). The fourth-order valence-corrected chi connectivity index (χ4v) is 1.50. The summed E-state index contributed by atoms with van der Waals surface area (Å²) < 4.78 is 36.3. The quantitative estimate of drug-likeness (QED) is 0.588. The number of hydrogen-bond donors (Lipinski definition) is 3. The highest BCUT2D eigenvalue weighted by molar-refractivity contribution is 5.79. The number of aromatic amines is 1. The summed E-state index contributed by atoms with van der Waals surface area (Å²) in [5, 5.41) is 21.7. The Bertz CT molecular complexity index is 640. The van der Waals surface area contributed by atoms with E-state index < -0.39 is 23.7 Å². The Balaban J connectivity index is 2.14. The maximum absolute atomic E-state index is 12.1. The van der Waals surface area contributed by atoms with Gasteiger partial charge in [-0.2, -0.15) is 13.2 Å². The molecule has 0 aliphatic rings. The minimum Gasteiger partial charge on any atom is -0.382 e. The fourth-order valence-electron chi connectivity index (χ4n) is 1.50. The molecule has 0 saturated heterocycles. The summed E-state index contributed by atoms with van der Waals surface area (Å²) in [6.07, 6.45) is -7.25. The van der Waals surface area contributed by atoms with Crippen LogP contribution in [0, 0.1) is 10.1 Å². The van der Waals surface area contributed by atoms with Crippen molar-refractivity contribution in [2.75, 3.05) is 11.9 Å². The van der Waals surface area contributed by atoms with E-state index in [0.29, 0.717) is 11.0 Å². The third-order valence-corrected chi connectivity index (χ3v) is 2.52. The highest BCUT2D eigenvalue weighted by atomic mass is 19.4. The van der Waals surface area contributed by atoms with Crippen LogP contribution in [-0.4, -0.2) is 38.8 Å². The van der Waals surface area contributed by atoms with E-state index in [1.165, 1.54) is 18.2 Å². The number of nitrogens with zero attached hydrogens (tertiary/aromatic N) is 2. The SMILES string of the molecule is O=[N+]([O-])c1ccc2nc(NCC(O)C(F)(F)F)[nH]c2c1. The van der Waals surface area contributed by atoms with E-state index in [2.05, 4.69) is 15.3 Å². The van der Waals surface area contributed by atoms with Gasteiger partial charge in [0.1, 0.15) is 0 Å². The van der Waals surface area contributed by atoms with Crippen LogP contribution in [0.25, 0.3) is 11.0 Å². The van der Waals surface area contributed by atoms with Crippen molar-refractivity contribution in [1.29, 1.82) is 0 Å². The van der Waals surface area contributed by atoms with Gasteiger partial charge in [-0.3, -0.25) is 10.1 Å². The Morgan fingerprint density at radius 2 is 2.20 bits per heavy atom. The first kappa shape index (κ1) is 14.1. The Morgan fingerprint density at radius 1 is 1.50 bits per heavy atom. The number of benzene rings is 1. The molecule has 0 saturated carbocycles. The molecule has 0 amide bonds. The van der Waals surface area contributed by atoms with Gasteiger partial charge in [-0.1, -0.05) is 0 Å². The first-order chi connectivity index (χ1) is 9.27. The molecule has 7 nitrogen and oxygen atoms in total. The maximum atomic E-state index is 12.1. The minimum atomic E-state index is -4.72. The molecule has 20 heavy (non-hydrogen) atoms. The van der Waals surface area contributed by atoms with Gasteiger partial charge in [0.25, 0.3) is 5.69 Å². The summed E-state index contributed by atoms with van der Waals surface area (Å²) in [5.41, 5.74) is 0.505. The number of nitro groups is 1. The van der Waals surface area contributed by atoms with Crippen LogP contribution >= 0.6 is 0 Å². The molecule has 108 valence electrons. The van der Waals surface area contributed by atoms with Gasteiger partial charge in [-0.05, 0) is 6.07 Å². The number of fused-ring (bicyclic) bond motifs is 1. The van der Waals surface area contributed by atoms with Gasteiger partial charge >= 0.3 is 6.18 Å². The third kappa shape index (κ3) is 2.96. The average Bonchev–Trinajstić information content (AvgIpc) is 2.76. The summed E-state index contributed by atoms with van der Waals surface area (Å²) in [6.45, 7) is -0.772. The van der Waals surface area contributed by atoms with E-state index >= 15 is 0 Å². The topological polar surface area (TPSA) is 104 Å². The summed E-state index contributed by atoms with van der Waals surface area (Å²) in [7, 11) is 0. The highest BCUT2D eigenvalue weighted by Crippen LogP contribution is 2.22. The Morgan fingerprint density at radius 3 is 2.80 bits per heavy atom. The van der Waals surface area contributed by atoms with Crippen LogP contribution in [0.1, 0.15) is 0 Å². The molecule has 0 aliphatic heterocycles. The molecule has 10 heteroatoms. The second-order valence-electron chi connectivity index (χ2n) is 3.98. The highest BCUT2D eigenvalue weighted by Gasteiger charge is 2.37. The molecule has 2 aromatic rings. The number of halogens is 3. The fraction of sp³-hybridized carbons (Fsp3) is 0.300. The number of nitrogens with one attached hydrogen (secondary N) is 2. The van der Waals surface area contributed by atoms with Crippen LogP contribution < -0.4 is 5.32 Å². The van der Waals surface area contributed by atoms with Crippen molar-refractivity contribution >= 4 is 22.7 Å². The van der Waals surface area contributed by atoms with E-state index in [4.69, 9.17) is 5.11 Å². The average molecular weight is 290 g/mol. The number of nitro benzene ring substituents is 1. The number of aliphatic hydroxyl groups excluding tert-OH is 1. The first-order valence-electron chi connectivity index (χ1n) is 5.40. The molecule has 1 heterocycles. The number of anilines is 1. The van der Waals surface area contributed by atoms with Crippen molar-refractivity contribution in [2.24, 2.45) is 0 Å². The van der Waals surface area contributed by atoms with Crippen molar-refractivity contribution in [3.63, 3.8) is 0 Å². The van der Waals surface area contributed by atoms with Crippen LogP contribution in [0.15, 0.2) is 18.2 Å². The van der Waals surface area contributed by atoms with Crippen molar-refractivity contribution in [3.05, 3.63) is 28.3 Å².